The molecule has 20 aromatic rings. The molecular formula is C99H55N3O2. The van der Waals surface area contributed by atoms with E-state index in [9.17, 15) is 10.5 Å². The van der Waals surface area contributed by atoms with Crippen molar-refractivity contribution in [1.29, 1.82) is 10.5 Å². The Morgan fingerprint density at radius 3 is 1.08 bits per heavy atom. The molecule has 0 amide bonds. The van der Waals surface area contributed by atoms with Gasteiger partial charge in [-0.05, 0) is 268 Å². The first-order valence-electron chi connectivity index (χ1n) is 35.1. The van der Waals surface area contributed by atoms with Crippen LogP contribution in [0.5, 0.6) is 23.0 Å². The minimum Gasteiger partial charge on any atom is -0.456 e. The Hall–Kier alpha value is -14.2. The number of benzene rings is 19. The lowest BCUT2D eigenvalue weighted by atomic mass is 9.88. The van der Waals surface area contributed by atoms with Crippen molar-refractivity contribution >= 4 is 97.0 Å². The zero-order valence-corrected chi connectivity index (χ0v) is 55.9. The van der Waals surface area contributed by atoms with E-state index in [1.165, 1.54) is 114 Å². The first kappa shape index (κ1) is 58.7. The summed E-state index contributed by atoms with van der Waals surface area (Å²) >= 11 is 0. The Kier molecular flexibility index (Phi) is 13.1. The van der Waals surface area contributed by atoms with Crippen molar-refractivity contribution in [3.63, 3.8) is 0 Å². The predicted octanol–water partition coefficient (Wildman–Crippen LogP) is 27.0. The van der Waals surface area contributed by atoms with Crippen LogP contribution in [-0.2, 0) is 0 Å². The number of hydrogen-bond acceptors (Lipinski definition) is 5. The van der Waals surface area contributed by atoms with Crippen LogP contribution in [0.2, 0.25) is 0 Å². The molecule has 0 saturated carbocycles. The van der Waals surface area contributed by atoms with E-state index in [0.29, 0.717) is 11.1 Å². The quantitative estimate of drug-likeness (QED) is 0.149. The largest absolute Gasteiger partial charge is 0.456 e. The van der Waals surface area contributed by atoms with E-state index in [4.69, 9.17) is 14.5 Å². The van der Waals surface area contributed by atoms with Gasteiger partial charge in [0.15, 0.2) is 0 Å². The molecule has 19 aromatic carbocycles. The molecule has 0 atom stereocenters. The van der Waals surface area contributed by atoms with Crippen molar-refractivity contribution in [3.05, 3.63) is 345 Å². The third-order valence-electron chi connectivity index (χ3n) is 21.6. The average molecular weight is 1320 g/mol. The van der Waals surface area contributed by atoms with E-state index in [1.54, 1.807) is 0 Å². The lowest BCUT2D eigenvalue weighted by Gasteiger charge is -2.22. The summed E-state index contributed by atoms with van der Waals surface area (Å²) in [5.74, 6) is 3.09. The van der Waals surface area contributed by atoms with E-state index in [1.807, 2.05) is 54.6 Å². The Bertz CT molecular complexity index is 6970. The van der Waals surface area contributed by atoms with Crippen LogP contribution in [0.15, 0.2) is 334 Å². The Balaban J connectivity index is 0.000000134. The van der Waals surface area contributed by atoms with Crippen molar-refractivity contribution in [2.24, 2.45) is 0 Å². The van der Waals surface area contributed by atoms with E-state index in [-0.39, 0.29) is 0 Å². The smallest absolute Gasteiger partial charge is 0.136 e. The number of rotatable bonds is 7. The van der Waals surface area contributed by atoms with Crippen LogP contribution in [0.1, 0.15) is 11.1 Å². The molecule has 1 aromatic heterocycles. The highest BCUT2D eigenvalue weighted by molar-refractivity contribution is 6.26. The van der Waals surface area contributed by atoms with Gasteiger partial charge in [0.2, 0.25) is 0 Å². The molecule has 22 rings (SSSR count). The van der Waals surface area contributed by atoms with Gasteiger partial charge in [0, 0.05) is 33.0 Å². The zero-order chi connectivity index (χ0) is 68.7. The van der Waals surface area contributed by atoms with Crippen molar-refractivity contribution in [2.75, 3.05) is 0 Å². The number of ether oxygens (including phenoxy) is 2. The molecule has 0 spiro atoms. The summed E-state index contributed by atoms with van der Waals surface area (Å²) in [7, 11) is 0. The summed E-state index contributed by atoms with van der Waals surface area (Å²) in [6.45, 7) is 0. The summed E-state index contributed by atoms with van der Waals surface area (Å²) in [6, 6.07) is 124. The van der Waals surface area contributed by atoms with Crippen LogP contribution in [0.3, 0.4) is 0 Å². The third kappa shape index (κ3) is 9.50. The zero-order valence-electron chi connectivity index (χ0n) is 55.9. The van der Waals surface area contributed by atoms with Crippen molar-refractivity contribution in [3.8, 4) is 136 Å². The maximum Gasteiger partial charge on any atom is 0.136 e. The number of fused-ring (bicyclic) bond motifs is 5. The van der Waals surface area contributed by atoms with Gasteiger partial charge >= 0.3 is 0 Å². The predicted molar refractivity (Wildman–Crippen MR) is 429 cm³/mol. The van der Waals surface area contributed by atoms with Gasteiger partial charge in [0.05, 0.1) is 34.7 Å². The van der Waals surface area contributed by atoms with Gasteiger partial charge in [0.1, 0.15) is 23.0 Å². The van der Waals surface area contributed by atoms with Gasteiger partial charge in [-0.3, -0.25) is 0 Å². The summed E-state index contributed by atoms with van der Waals surface area (Å²) in [6.07, 6.45) is 0. The lowest BCUT2D eigenvalue weighted by Crippen LogP contribution is -1.98. The van der Waals surface area contributed by atoms with Crippen LogP contribution >= 0.6 is 0 Å². The molecule has 478 valence electrons. The minimum atomic E-state index is 0.592. The maximum absolute atomic E-state index is 9.42. The monoisotopic (exact) mass is 1320 g/mol. The summed E-state index contributed by atoms with van der Waals surface area (Å²) in [5.41, 5.74) is 21.6. The molecule has 0 N–H and O–H groups in total. The number of hydrogen-bond donors (Lipinski definition) is 0. The van der Waals surface area contributed by atoms with E-state index in [2.05, 4.69) is 291 Å². The second-order valence-electron chi connectivity index (χ2n) is 27.5. The normalized spacial score (nSPS) is 12.0. The van der Waals surface area contributed by atoms with Crippen molar-refractivity contribution in [1.82, 2.24) is 4.98 Å². The molecule has 0 fully saturated rings. The average Bonchev–Trinajstić information content (AvgIpc) is 0.766. The third-order valence-corrected chi connectivity index (χ3v) is 21.6. The topological polar surface area (TPSA) is 78.9 Å². The molecule has 0 aliphatic carbocycles. The highest BCUT2D eigenvalue weighted by Gasteiger charge is 2.25. The summed E-state index contributed by atoms with van der Waals surface area (Å²) in [4.78, 5) is 5.05. The second kappa shape index (κ2) is 23.2. The molecule has 0 bridgehead atoms. The molecule has 104 heavy (non-hydrogen) atoms. The van der Waals surface area contributed by atoms with Gasteiger partial charge in [-0.25, -0.2) is 4.98 Å². The Morgan fingerprint density at radius 2 is 0.567 bits per heavy atom. The summed E-state index contributed by atoms with van der Waals surface area (Å²) < 4.78 is 12.7. The molecule has 3 heterocycles. The van der Waals surface area contributed by atoms with E-state index >= 15 is 0 Å². The van der Waals surface area contributed by atoms with Gasteiger partial charge in [-0.1, -0.05) is 218 Å². The molecule has 5 heteroatoms. The van der Waals surface area contributed by atoms with Crippen LogP contribution in [0.25, 0.3) is 197 Å². The van der Waals surface area contributed by atoms with Crippen LogP contribution in [-0.4, -0.2) is 4.98 Å². The fourth-order valence-electron chi connectivity index (χ4n) is 16.6. The number of aromatic nitrogens is 1. The van der Waals surface area contributed by atoms with Crippen LogP contribution in [0.4, 0.5) is 0 Å². The van der Waals surface area contributed by atoms with Crippen molar-refractivity contribution < 1.29 is 9.47 Å². The summed E-state index contributed by atoms with van der Waals surface area (Å²) in [5, 5.41) is 41.1. The molecule has 0 saturated heterocycles. The molecule has 5 nitrogen and oxygen atoms in total. The first-order chi connectivity index (χ1) is 51.4. The van der Waals surface area contributed by atoms with E-state index < -0.39 is 0 Å². The second-order valence-corrected chi connectivity index (χ2v) is 27.5. The number of pyridine rings is 1. The maximum atomic E-state index is 9.42. The highest BCUT2D eigenvalue weighted by Crippen LogP contribution is 2.52. The lowest BCUT2D eigenvalue weighted by molar-refractivity contribution is 0.486. The molecular weight excluding hydrogens is 1260 g/mol. The first-order valence-corrected chi connectivity index (χ1v) is 35.1. The standard InChI is InChI=1S/C50H28N2O.C49H27NO/c51-29-30-12-21-41-43-9-4-8-42-40(22-23-46(50(42)43)53-47(41)24-30)32-15-13-31(14-16-32)38-25-34-17-19-36-27-39(28-37-20-18-35(26-38)48(34)49(36)37)45-11-5-10-44(52-45)33-6-2-1-3-7-33;50-28-29-8-19-42-44-21-20-41(43-6-3-7-45(49(43)44)51-46(42)22-29)32-12-9-31(10-13-32)39-24-35-15-17-37-26-40(27-38-18-16-36(25-39)47(35)48(37)38)34-14-11-30-4-1-2-5-33(30)23-34/h1-28H;1-27H. The minimum absolute atomic E-state index is 0.592. The molecule has 2 aliphatic rings. The SMILES string of the molecule is N#Cc1ccc2c(c1)Oc1ccc(-c3ccc(-c4cc5ccc6cc(-c7cccc(-c8ccccc8)n7)cc7ccc(c4)c5c67)cc3)c3cccc-2c13.N#Cc1ccc2c(c1)Oc1cccc3c(-c4ccc(-c5cc6ccc7cc(-c8ccc9ccccc9c8)cc8ccc(c5)c6c78)cc4)ccc-2c13. The van der Waals surface area contributed by atoms with Gasteiger partial charge in [-0.15, -0.1) is 0 Å². The molecule has 2 aliphatic heterocycles. The molecule has 0 unspecified atom stereocenters. The van der Waals surface area contributed by atoms with E-state index in [0.717, 1.165) is 106 Å². The Morgan fingerprint density at radius 1 is 0.202 bits per heavy atom. The fourth-order valence-corrected chi connectivity index (χ4v) is 16.6. The van der Waals surface area contributed by atoms with Gasteiger partial charge in [0.25, 0.3) is 0 Å². The number of nitriles is 2. The van der Waals surface area contributed by atoms with Gasteiger partial charge < -0.3 is 9.47 Å². The van der Waals surface area contributed by atoms with Gasteiger partial charge in [-0.2, -0.15) is 10.5 Å². The fraction of sp³-hybridized carbons (Fsp3) is 0. The Labute approximate surface area is 598 Å². The van der Waals surface area contributed by atoms with Crippen molar-refractivity contribution in [2.45, 2.75) is 0 Å². The van der Waals surface area contributed by atoms with Crippen LogP contribution in [0, 0.1) is 22.7 Å². The van der Waals surface area contributed by atoms with Crippen LogP contribution < -0.4 is 9.47 Å². The molecule has 0 radical (unpaired) electrons. The number of nitrogens with zero attached hydrogens (tertiary/aromatic N) is 3. The highest BCUT2D eigenvalue weighted by atomic mass is 16.5.